The molecule has 1 rings (SSSR count). The maximum atomic E-state index is 11.9. The van der Waals surface area contributed by atoms with Crippen molar-refractivity contribution in [3.05, 3.63) is 35.9 Å². The summed E-state index contributed by atoms with van der Waals surface area (Å²) in [4.78, 5) is 0. The lowest BCUT2D eigenvalue weighted by molar-refractivity contribution is 0.218. The highest BCUT2D eigenvalue weighted by Gasteiger charge is 2.13. The number of hydrogen-bond donors (Lipinski definition) is 1. The van der Waals surface area contributed by atoms with Crippen LogP contribution in [0.1, 0.15) is 18.5 Å². The van der Waals surface area contributed by atoms with Crippen LogP contribution >= 0.6 is 0 Å². The Morgan fingerprint density at radius 2 is 2.06 bits per heavy atom. The first-order chi connectivity index (χ1) is 8.27. The van der Waals surface area contributed by atoms with E-state index in [0.717, 1.165) is 6.54 Å². The lowest BCUT2D eigenvalue weighted by Crippen LogP contribution is -2.27. The third-order valence-corrected chi connectivity index (χ3v) is 3.85. The second kappa shape index (κ2) is 8.39. The van der Waals surface area contributed by atoms with Crippen molar-refractivity contribution in [2.45, 2.75) is 13.0 Å². The zero-order chi connectivity index (χ0) is 12.5. The average molecular weight is 255 g/mol. The summed E-state index contributed by atoms with van der Waals surface area (Å²) in [6.07, 6.45) is 0. The zero-order valence-corrected chi connectivity index (χ0v) is 11.3. The van der Waals surface area contributed by atoms with Crippen LogP contribution in [-0.2, 0) is 15.5 Å². The van der Waals surface area contributed by atoms with Gasteiger partial charge >= 0.3 is 0 Å². The van der Waals surface area contributed by atoms with E-state index in [1.165, 1.54) is 5.56 Å². The number of rotatable bonds is 8. The second-order valence-electron chi connectivity index (χ2n) is 3.82. The van der Waals surface area contributed by atoms with E-state index in [1.54, 1.807) is 7.11 Å². The minimum absolute atomic E-state index is 0.166. The highest BCUT2D eigenvalue weighted by molar-refractivity contribution is 7.85. The van der Waals surface area contributed by atoms with E-state index in [0.29, 0.717) is 18.1 Å². The molecule has 0 spiro atoms. The predicted octanol–water partition coefficient (Wildman–Crippen LogP) is 1.73. The SMILES string of the molecule is CCNC(CS(=O)CCOC)c1ccccc1. The minimum Gasteiger partial charge on any atom is -0.384 e. The van der Waals surface area contributed by atoms with E-state index >= 15 is 0 Å². The summed E-state index contributed by atoms with van der Waals surface area (Å²) in [7, 11) is 0.796. The molecule has 0 bridgehead atoms. The van der Waals surface area contributed by atoms with Crippen LogP contribution in [0.5, 0.6) is 0 Å². The molecule has 0 aromatic heterocycles. The first kappa shape index (κ1) is 14.4. The number of benzene rings is 1. The molecule has 1 N–H and O–H groups in total. The standard InChI is InChI=1S/C13H21NO2S/c1-3-14-13(11-17(15)10-9-16-2)12-7-5-4-6-8-12/h4-8,13-14H,3,9-11H2,1-2H3. The molecular formula is C13H21NO2S. The van der Waals surface area contributed by atoms with Gasteiger partial charge in [-0.2, -0.15) is 0 Å². The summed E-state index contributed by atoms with van der Waals surface area (Å²) in [5.74, 6) is 1.24. The van der Waals surface area contributed by atoms with E-state index in [1.807, 2.05) is 18.2 Å². The van der Waals surface area contributed by atoms with Crippen LogP contribution in [0.2, 0.25) is 0 Å². The molecule has 96 valence electrons. The topological polar surface area (TPSA) is 38.3 Å². The van der Waals surface area contributed by atoms with Crippen molar-refractivity contribution in [3.63, 3.8) is 0 Å². The molecule has 3 nitrogen and oxygen atoms in total. The Labute approximate surface area is 106 Å². The molecule has 4 heteroatoms. The summed E-state index contributed by atoms with van der Waals surface area (Å²) >= 11 is 0. The van der Waals surface area contributed by atoms with Gasteiger partial charge in [0.25, 0.3) is 0 Å². The van der Waals surface area contributed by atoms with Crippen molar-refractivity contribution in [2.75, 3.05) is 31.8 Å². The van der Waals surface area contributed by atoms with Gasteiger partial charge in [0.15, 0.2) is 0 Å². The molecule has 0 saturated heterocycles. The molecule has 0 heterocycles. The van der Waals surface area contributed by atoms with Gasteiger partial charge in [0.05, 0.1) is 6.61 Å². The van der Waals surface area contributed by atoms with Crippen LogP contribution in [0.25, 0.3) is 0 Å². The van der Waals surface area contributed by atoms with E-state index in [9.17, 15) is 4.21 Å². The normalized spacial score (nSPS) is 14.5. The lowest BCUT2D eigenvalue weighted by atomic mass is 10.1. The Balaban J connectivity index is 2.57. The van der Waals surface area contributed by atoms with Crippen molar-refractivity contribution in [1.29, 1.82) is 0 Å². The van der Waals surface area contributed by atoms with Crippen molar-refractivity contribution in [3.8, 4) is 0 Å². The highest BCUT2D eigenvalue weighted by Crippen LogP contribution is 2.13. The fourth-order valence-corrected chi connectivity index (χ4v) is 2.85. The smallest absolute Gasteiger partial charge is 0.0577 e. The molecule has 0 radical (unpaired) electrons. The molecule has 0 aliphatic heterocycles. The molecule has 0 saturated carbocycles. The Morgan fingerprint density at radius 3 is 2.65 bits per heavy atom. The van der Waals surface area contributed by atoms with Gasteiger partial charge in [0, 0.05) is 35.5 Å². The molecule has 0 amide bonds. The van der Waals surface area contributed by atoms with Crippen LogP contribution in [0.15, 0.2) is 30.3 Å². The predicted molar refractivity (Wildman–Crippen MR) is 72.6 cm³/mol. The van der Waals surface area contributed by atoms with Gasteiger partial charge in [0.2, 0.25) is 0 Å². The van der Waals surface area contributed by atoms with Gasteiger partial charge in [-0.15, -0.1) is 0 Å². The van der Waals surface area contributed by atoms with Gasteiger partial charge in [0.1, 0.15) is 0 Å². The number of ether oxygens (including phenoxy) is 1. The van der Waals surface area contributed by atoms with Crippen molar-refractivity contribution >= 4 is 10.8 Å². The van der Waals surface area contributed by atoms with Crippen molar-refractivity contribution in [2.24, 2.45) is 0 Å². The maximum Gasteiger partial charge on any atom is 0.0577 e. The van der Waals surface area contributed by atoms with E-state index in [-0.39, 0.29) is 6.04 Å². The van der Waals surface area contributed by atoms with E-state index < -0.39 is 10.8 Å². The van der Waals surface area contributed by atoms with Crippen LogP contribution in [-0.4, -0.2) is 36.0 Å². The first-order valence-electron chi connectivity index (χ1n) is 5.90. The highest BCUT2D eigenvalue weighted by atomic mass is 32.2. The van der Waals surface area contributed by atoms with Gasteiger partial charge < -0.3 is 10.1 Å². The summed E-state index contributed by atoms with van der Waals surface area (Å²) in [5.41, 5.74) is 1.19. The van der Waals surface area contributed by atoms with Gasteiger partial charge in [-0.25, -0.2) is 0 Å². The number of nitrogens with one attached hydrogen (secondary N) is 1. The molecular weight excluding hydrogens is 234 g/mol. The molecule has 0 fully saturated rings. The lowest BCUT2D eigenvalue weighted by Gasteiger charge is -2.17. The third kappa shape index (κ3) is 5.44. The summed E-state index contributed by atoms with van der Waals surface area (Å²) < 4.78 is 16.8. The minimum atomic E-state index is -0.839. The summed E-state index contributed by atoms with van der Waals surface area (Å²) in [6.45, 7) is 3.50. The molecule has 2 atom stereocenters. The van der Waals surface area contributed by atoms with Crippen molar-refractivity contribution in [1.82, 2.24) is 5.32 Å². The Bertz CT molecular complexity index is 329. The maximum absolute atomic E-state index is 11.9. The van der Waals surface area contributed by atoms with E-state index in [4.69, 9.17) is 4.74 Å². The fourth-order valence-electron chi connectivity index (χ4n) is 1.65. The molecule has 0 aliphatic rings. The fraction of sp³-hybridized carbons (Fsp3) is 0.538. The molecule has 1 aromatic rings. The summed E-state index contributed by atoms with van der Waals surface area (Å²) in [5, 5.41) is 3.37. The molecule has 1 aromatic carbocycles. The van der Waals surface area contributed by atoms with Gasteiger partial charge in [-0.3, -0.25) is 4.21 Å². The van der Waals surface area contributed by atoms with Gasteiger partial charge in [-0.1, -0.05) is 37.3 Å². The quantitative estimate of drug-likeness (QED) is 0.769. The van der Waals surface area contributed by atoms with Crippen LogP contribution in [0.4, 0.5) is 0 Å². The van der Waals surface area contributed by atoms with Crippen molar-refractivity contribution < 1.29 is 8.95 Å². The monoisotopic (exact) mass is 255 g/mol. The summed E-state index contributed by atoms with van der Waals surface area (Å²) in [6, 6.07) is 10.3. The average Bonchev–Trinajstić information content (AvgIpc) is 2.37. The Morgan fingerprint density at radius 1 is 1.35 bits per heavy atom. The number of methoxy groups -OCH3 is 1. The largest absolute Gasteiger partial charge is 0.384 e. The van der Waals surface area contributed by atoms with Crippen LogP contribution in [0.3, 0.4) is 0 Å². The Kier molecular flexibility index (Phi) is 7.08. The Hall–Kier alpha value is -0.710. The zero-order valence-electron chi connectivity index (χ0n) is 10.5. The van der Waals surface area contributed by atoms with E-state index in [2.05, 4.69) is 24.4 Å². The first-order valence-corrected chi connectivity index (χ1v) is 7.39. The second-order valence-corrected chi connectivity index (χ2v) is 5.45. The third-order valence-electron chi connectivity index (χ3n) is 2.52. The van der Waals surface area contributed by atoms with Crippen LogP contribution < -0.4 is 5.32 Å². The van der Waals surface area contributed by atoms with Gasteiger partial charge in [-0.05, 0) is 12.1 Å². The molecule has 17 heavy (non-hydrogen) atoms. The molecule has 0 aliphatic carbocycles. The molecule has 2 unspecified atom stereocenters. The van der Waals surface area contributed by atoms with Crippen LogP contribution in [0, 0.1) is 0 Å². The number of hydrogen-bond acceptors (Lipinski definition) is 3.